The molecule has 1 radical (unpaired) electrons. The van der Waals surface area contributed by atoms with Crippen molar-refractivity contribution in [1.82, 2.24) is 0 Å². The molecule has 0 aromatic heterocycles. The van der Waals surface area contributed by atoms with Gasteiger partial charge in [0.1, 0.15) is 0 Å². The van der Waals surface area contributed by atoms with Crippen LogP contribution in [0.5, 0.6) is 0 Å². The van der Waals surface area contributed by atoms with Gasteiger partial charge in [-0.3, -0.25) is 0 Å². The molecular weight excluding hydrogens is 435 g/mol. The number of allylic oxidation sites excluding steroid dienone is 4. The van der Waals surface area contributed by atoms with Gasteiger partial charge in [-0.2, -0.15) is 17.7 Å². The summed E-state index contributed by atoms with van der Waals surface area (Å²) in [6.07, 6.45) is 11.9. The summed E-state index contributed by atoms with van der Waals surface area (Å²) >= 11 is 0. The van der Waals surface area contributed by atoms with Crippen molar-refractivity contribution in [1.29, 1.82) is 0 Å². The topological polar surface area (TPSA) is 0 Å². The minimum Gasteiger partial charge on any atom is -1.00 e. The smallest absolute Gasteiger partial charge is 1.00 e. The van der Waals surface area contributed by atoms with E-state index in [9.17, 15) is 0 Å². The van der Waals surface area contributed by atoms with Crippen molar-refractivity contribution in [3.05, 3.63) is 77.4 Å². The Labute approximate surface area is 197 Å². The molecule has 1 atom stereocenters. The Morgan fingerprint density at radius 3 is 2.32 bits per heavy atom. The van der Waals surface area contributed by atoms with E-state index in [0.29, 0.717) is 5.54 Å². The molecule has 0 nitrogen and oxygen atoms in total. The second-order valence-corrected chi connectivity index (χ2v) is 12.8. The second-order valence-electron chi connectivity index (χ2n) is 7.95. The maximum Gasteiger partial charge on any atom is 3.00 e. The first-order valence-corrected chi connectivity index (χ1v) is 12.5. The molecule has 3 aliphatic rings. The molecule has 28 heavy (non-hydrogen) atoms. The normalized spacial score (nSPS) is 19.9. The van der Waals surface area contributed by atoms with E-state index in [2.05, 4.69) is 67.6 Å². The van der Waals surface area contributed by atoms with Gasteiger partial charge < -0.3 is 24.8 Å². The van der Waals surface area contributed by atoms with Crippen LogP contribution in [0.1, 0.15) is 48.4 Å². The number of rotatable bonds is 4. The average Bonchev–Trinajstić information content (AvgIpc) is 3.25. The summed E-state index contributed by atoms with van der Waals surface area (Å²) in [5.41, 5.74) is 9.78. The largest absolute Gasteiger partial charge is 3.00 e. The Balaban J connectivity index is 0.000000934. The summed E-state index contributed by atoms with van der Waals surface area (Å²) in [6, 6.07) is 20.7. The zero-order chi connectivity index (χ0) is 16.9. The molecule has 1 saturated heterocycles. The van der Waals surface area contributed by atoms with Crippen molar-refractivity contribution < 1.29 is 46.5 Å². The molecular formula is C24H25Cl2SiTi. The van der Waals surface area contributed by atoms with E-state index >= 15 is 0 Å². The first-order chi connectivity index (χ1) is 12.3. The van der Waals surface area contributed by atoms with Crippen LogP contribution >= 0.6 is 0 Å². The van der Waals surface area contributed by atoms with Crippen LogP contribution in [0.25, 0.3) is 16.7 Å². The second kappa shape index (κ2) is 9.49. The molecule has 1 fully saturated rings. The molecule has 0 amide bonds. The number of hydrogen-bond acceptors (Lipinski definition) is 0. The third-order valence-electron chi connectivity index (χ3n) is 6.65. The van der Waals surface area contributed by atoms with Crippen molar-refractivity contribution in [3.8, 4) is 11.1 Å². The number of benzene rings is 2. The SMILES string of the molecule is CCC[Si]1(C2c3ccccc3-c3cccc(C4=[C-]CC=C4)c32)CCC1.[Cl-].[Cl-].[Ti+3]. The van der Waals surface area contributed by atoms with Crippen LogP contribution in [0, 0.1) is 6.08 Å². The standard InChI is InChI=1S/C24H25Si.2ClH.Ti/c1-2-15-25(16-8-17-25)24-22-12-6-5-11-20(22)21-14-7-13-19(23(21)24)18-9-3-4-10-18;;;/h3,5-7,9,11-14,24H,2,4,8,15-17H2,1H3;2*1H;/q-1;;;+3/p-2. The summed E-state index contributed by atoms with van der Waals surface area (Å²) in [5.74, 6) is 0. The van der Waals surface area contributed by atoms with Gasteiger partial charge in [-0.25, -0.2) is 0 Å². The van der Waals surface area contributed by atoms with E-state index in [1.54, 1.807) is 11.1 Å². The molecule has 2 aromatic carbocycles. The third kappa shape index (κ3) is 3.55. The molecule has 2 aliphatic carbocycles. The van der Waals surface area contributed by atoms with Crippen LogP contribution in [0.15, 0.2) is 54.6 Å². The van der Waals surface area contributed by atoms with E-state index < -0.39 is 8.07 Å². The van der Waals surface area contributed by atoms with Gasteiger partial charge in [-0.15, -0.1) is 17.7 Å². The first-order valence-electron chi connectivity index (χ1n) is 9.84. The molecule has 0 spiro atoms. The molecule has 5 rings (SSSR count). The summed E-state index contributed by atoms with van der Waals surface area (Å²) in [4.78, 5) is 0. The Hall–Kier alpha value is -0.569. The zero-order valence-corrected chi connectivity index (χ0v) is 20.3. The molecule has 0 bridgehead atoms. The van der Waals surface area contributed by atoms with E-state index in [-0.39, 0.29) is 46.5 Å². The first kappa shape index (κ1) is 23.7. The van der Waals surface area contributed by atoms with Gasteiger partial charge in [0.25, 0.3) is 0 Å². The summed E-state index contributed by atoms with van der Waals surface area (Å²) in [7, 11) is -1.26. The maximum absolute atomic E-state index is 3.59. The quantitative estimate of drug-likeness (QED) is 0.467. The number of fused-ring (bicyclic) bond motifs is 3. The van der Waals surface area contributed by atoms with Gasteiger partial charge in [-0.05, 0) is 22.2 Å². The molecule has 0 saturated carbocycles. The molecule has 1 aliphatic heterocycles. The number of hydrogen-bond donors (Lipinski definition) is 0. The Morgan fingerprint density at radius 2 is 1.68 bits per heavy atom. The van der Waals surface area contributed by atoms with Crippen LogP contribution in [-0.4, -0.2) is 8.07 Å². The molecule has 4 heteroatoms. The van der Waals surface area contributed by atoms with Crippen LogP contribution < -0.4 is 24.8 Å². The Bertz CT molecular complexity index is 899. The minimum atomic E-state index is -1.26. The van der Waals surface area contributed by atoms with Crippen molar-refractivity contribution in [2.75, 3.05) is 0 Å². The summed E-state index contributed by atoms with van der Waals surface area (Å²) in [6.45, 7) is 2.39. The zero-order valence-electron chi connectivity index (χ0n) is 16.3. The van der Waals surface area contributed by atoms with Gasteiger partial charge in [0.2, 0.25) is 0 Å². The Kier molecular flexibility index (Phi) is 8.04. The van der Waals surface area contributed by atoms with Crippen molar-refractivity contribution in [3.63, 3.8) is 0 Å². The Morgan fingerprint density at radius 1 is 0.964 bits per heavy atom. The fraction of sp³-hybridized carbons (Fsp3) is 0.333. The third-order valence-corrected chi connectivity index (χ3v) is 12.7. The van der Waals surface area contributed by atoms with Crippen LogP contribution in [0.3, 0.4) is 0 Å². The van der Waals surface area contributed by atoms with Crippen molar-refractivity contribution in [2.45, 2.75) is 49.9 Å². The van der Waals surface area contributed by atoms with Crippen LogP contribution in [-0.2, 0) is 21.7 Å². The van der Waals surface area contributed by atoms with E-state index in [4.69, 9.17) is 0 Å². The monoisotopic (exact) mass is 459 g/mol. The average molecular weight is 460 g/mol. The van der Waals surface area contributed by atoms with Crippen LogP contribution in [0.2, 0.25) is 18.1 Å². The molecule has 2 aromatic rings. The molecule has 1 heterocycles. The van der Waals surface area contributed by atoms with E-state index in [0.717, 1.165) is 6.42 Å². The molecule has 0 N–H and O–H groups in total. The van der Waals surface area contributed by atoms with Gasteiger partial charge >= 0.3 is 21.7 Å². The predicted molar refractivity (Wildman–Crippen MR) is 109 cm³/mol. The van der Waals surface area contributed by atoms with Crippen LogP contribution in [0.4, 0.5) is 0 Å². The fourth-order valence-corrected chi connectivity index (χ4v) is 11.0. The van der Waals surface area contributed by atoms with Gasteiger partial charge in [-0.1, -0.05) is 86.3 Å². The van der Waals surface area contributed by atoms with Crippen molar-refractivity contribution >= 4 is 13.6 Å². The molecule has 143 valence electrons. The van der Waals surface area contributed by atoms with E-state index in [1.165, 1.54) is 53.2 Å². The van der Waals surface area contributed by atoms with Gasteiger partial charge in [0.15, 0.2) is 0 Å². The van der Waals surface area contributed by atoms with E-state index in [1.807, 2.05) is 0 Å². The molecule has 1 unspecified atom stereocenters. The van der Waals surface area contributed by atoms with Gasteiger partial charge in [0, 0.05) is 0 Å². The maximum atomic E-state index is 3.59. The van der Waals surface area contributed by atoms with Crippen molar-refractivity contribution in [2.24, 2.45) is 0 Å². The number of halogens is 2. The summed E-state index contributed by atoms with van der Waals surface area (Å²) < 4.78 is 0. The fourth-order valence-electron chi connectivity index (χ4n) is 5.53. The minimum absolute atomic E-state index is 0. The summed E-state index contributed by atoms with van der Waals surface area (Å²) in [5, 5.41) is 0. The predicted octanol–water partition coefficient (Wildman–Crippen LogP) is 0.753. The van der Waals surface area contributed by atoms with Gasteiger partial charge in [0.05, 0.1) is 8.07 Å².